The van der Waals surface area contributed by atoms with Gasteiger partial charge in [0.1, 0.15) is 6.10 Å². The normalized spacial score (nSPS) is 14.5. The molecule has 0 spiro atoms. The van der Waals surface area contributed by atoms with Gasteiger partial charge in [0.25, 0.3) is 11.0 Å². The maximum atomic E-state index is 10.9. The fourth-order valence-corrected chi connectivity index (χ4v) is 2.91. The molecular weight excluding hydrogens is 397 g/mol. The molecular formula is C17H21Cl2N3O5. The molecule has 0 aliphatic carbocycles. The largest absolute Gasteiger partial charge is 0.371 e. The second-order valence-corrected chi connectivity index (χ2v) is 6.72. The Balaban J connectivity index is 2.21. The van der Waals surface area contributed by atoms with E-state index in [-0.39, 0.29) is 6.61 Å². The summed E-state index contributed by atoms with van der Waals surface area (Å²) >= 11 is 12.3. The van der Waals surface area contributed by atoms with Gasteiger partial charge in [0.05, 0.1) is 12.9 Å². The Hall–Kier alpha value is -1.87. The summed E-state index contributed by atoms with van der Waals surface area (Å²) in [6, 6.07) is 5.05. The number of ether oxygens (including phenoxy) is 2. The minimum absolute atomic E-state index is 0.0341. The Morgan fingerprint density at radius 2 is 2.19 bits per heavy atom. The van der Waals surface area contributed by atoms with E-state index in [1.807, 2.05) is 6.92 Å². The van der Waals surface area contributed by atoms with Gasteiger partial charge in [-0.25, -0.2) is 4.98 Å². The van der Waals surface area contributed by atoms with E-state index in [1.165, 1.54) is 30.2 Å². The predicted octanol–water partition coefficient (Wildman–Crippen LogP) is 4.60. The first-order chi connectivity index (χ1) is 12.9. The zero-order chi connectivity index (χ0) is 19.9. The van der Waals surface area contributed by atoms with Crippen LogP contribution < -0.4 is 0 Å². The molecule has 1 heterocycles. The lowest BCUT2D eigenvalue weighted by Crippen LogP contribution is -2.39. The van der Waals surface area contributed by atoms with Crippen LogP contribution in [0.4, 0.5) is 0 Å². The molecule has 2 aromatic rings. The fourth-order valence-electron chi connectivity index (χ4n) is 2.38. The molecule has 0 aliphatic heterocycles. The van der Waals surface area contributed by atoms with Crippen molar-refractivity contribution in [1.29, 1.82) is 0 Å². The second kappa shape index (κ2) is 9.89. The van der Waals surface area contributed by atoms with Crippen molar-refractivity contribution < 1.29 is 19.4 Å². The number of nitrogens with zero attached hydrogens (tertiary/aromatic N) is 3. The molecule has 0 aliphatic rings. The zero-order valence-electron chi connectivity index (χ0n) is 15.0. The van der Waals surface area contributed by atoms with Gasteiger partial charge < -0.3 is 9.47 Å². The first kappa shape index (κ1) is 21.4. The molecule has 27 heavy (non-hydrogen) atoms. The highest BCUT2D eigenvalue weighted by molar-refractivity contribution is 6.35. The smallest absolute Gasteiger partial charge is 0.299 e. The number of aromatic nitrogens is 2. The zero-order valence-corrected chi connectivity index (χ0v) is 16.5. The van der Waals surface area contributed by atoms with Crippen molar-refractivity contribution in [1.82, 2.24) is 9.55 Å². The Morgan fingerprint density at radius 1 is 1.41 bits per heavy atom. The average Bonchev–Trinajstić information content (AvgIpc) is 3.13. The number of halogens is 2. The molecule has 0 bridgehead atoms. The summed E-state index contributed by atoms with van der Waals surface area (Å²) < 4.78 is 13.0. The summed E-state index contributed by atoms with van der Waals surface area (Å²) in [5, 5.41) is 10.9. The number of imidazole rings is 1. The van der Waals surface area contributed by atoms with Crippen LogP contribution in [-0.4, -0.2) is 27.9 Å². The third-order valence-electron chi connectivity index (χ3n) is 3.85. The third kappa shape index (κ3) is 6.07. The van der Waals surface area contributed by atoms with Crippen LogP contribution in [0, 0.1) is 10.1 Å². The maximum Gasteiger partial charge on any atom is 0.299 e. The first-order valence-electron chi connectivity index (χ1n) is 8.38. The molecule has 1 aromatic carbocycles. The highest BCUT2D eigenvalue weighted by Crippen LogP contribution is 2.31. The van der Waals surface area contributed by atoms with Gasteiger partial charge >= 0.3 is 0 Å². The van der Waals surface area contributed by atoms with E-state index < -0.39 is 17.1 Å². The van der Waals surface area contributed by atoms with Crippen LogP contribution in [0.2, 0.25) is 10.0 Å². The monoisotopic (exact) mass is 417 g/mol. The Kier molecular flexibility index (Phi) is 7.85. The fraction of sp³-hybridized carbons (Fsp3) is 0.471. The van der Waals surface area contributed by atoms with Crippen LogP contribution in [-0.2, 0) is 20.2 Å². The van der Waals surface area contributed by atoms with Crippen molar-refractivity contribution in [2.24, 2.45) is 0 Å². The van der Waals surface area contributed by atoms with E-state index in [1.54, 1.807) is 18.2 Å². The summed E-state index contributed by atoms with van der Waals surface area (Å²) in [6.45, 7) is 3.92. The van der Waals surface area contributed by atoms with Gasteiger partial charge in [0.15, 0.2) is 0 Å². The van der Waals surface area contributed by atoms with Crippen molar-refractivity contribution in [3.63, 3.8) is 0 Å². The molecule has 2 unspecified atom stereocenters. The summed E-state index contributed by atoms with van der Waals surface area (Å²) in [6.07, 6.45) is 5.60. The van der Waals surface area contributed by atoms with Crippen LogP contribution in [0.15, 0.2) is 36.9 Å². The van der Waals surface area contributed by atoms with E-state index in [0.29, 0.717) is 22.2 Å². The van der Waals surface area contributed by atoms with Crippen molar-refractivity contribution in [2.45, 2.75) is 38.7 Å². The maximum absolute atomic E-state index is 10.9. The average molecular weight is 418 g/mol. The molecule has 0 fully saturated rings. The van der Waals surface area contributed by atoms with Gasteiger partial charge in [-0.3, -0.25) is 9.40 Å². The minimum atomic E-state index is -1.70. The van der Waals surface area contributed by atoms with Gasteiger partial charge in [-0.2, -0.15) is 0 Å². The van der Waals surface area contributed by atoms with E-state index >= 15 is 0 Å². The van der Waals surface area contributed by atoms with Crippen LogP contribution in [0.25, 0.3) is 0 Å². The molecule has 0 N–H and O–H groups in total. The third-order valence-corrected chi connectivity index (χ3v) is 4.41. The highest BCUT2D eigenvalue weighted by atomic mass is 35.5. The molecule has 0 saturated carbocycles. The quantitative estimate of drug-likeness (QED) is 0.229. The van der Waals surface area contributed by atoms with Crippen LogP contribution in [0.3, 0.4) is 0 Å². The minimum Gasteiger partial charge on any atom is -0.371 e. The van der Waals surface area contributed by atoms with Crippen molar-refractivity contribution in [2.75, 3.05) is 13.2 Å². The summed E-state index contributed by atoms with van der Waals surface area (Å²) in [7, 11) is 0. The lowest BCUT2D eigenvalue weighted by Gasteiger charge is -2.30. The Bertz CT molecular complexity index is 744. The number of hydrogen-bond acceptors (Lipinski definition) is 6. The van der Waals surface area contributed by atoms with Crippen molar-refractivity contribution >= 4 is 23.2 Å². The molecule has 10 heteroatoms. The van der Waals surface area contributed by atoms with E-state index in [0.717, 1.165) is 12.8 Å². The summed E-state index contributed by atoms with van der Waals surface area (Å²) in [5.41, 5.74) is 0.672. The molecule has 2 atom stereocenters. The van der Waals surface area contributed by atoms with Gasteiger partial charge in [-0.05, 0) is 18.6 Å². The Labute approximate surface area is 167 Å². The van der Waals surface area contributed by atoms with Crippen molar-refractivity contribution in [3.05, 3.63) is 62.6 Å². The summed E-state index contributed by atoms with van der Waals surface area (Å²) in [4.78, 5) is 19.6. The van der Waals surface area contributed by atoms with Gasteiger partial charge in [-0.1, -0.05) is 42.6 Å². The molecule has 0 radical (unpaired) electrons. The topological polar surface area (TPSA) is 88.6 Å². The standard InChI is InChI=1S/C17H21Cl2N3O5/c1-3-4-9-25-16(14-6-5-13(18)10-15(14)19)11-26-17(2,27-22(23)24)21-8-7-20-12-21/h5-8,10,12,16H,3-4,9,11H2,1-2H3. The number of benzene rings is 1. The van der Waals surface area contributed by atoms with Gasteiger partial charge in [0, 0.05) is 41.5 Å². The molecule has 148 valence electrons. The van der Waals surface area contributed by atoms with Crippen LogP contribution >= 0.6 is 23.2 Å². The van der Waals surface area contributed by atoms with Crippen LogP contribution in [0.1, 0.15) is 38.4 Å². The molecule has 0 amide bonds. The molecule has 2 rings (SSSR count). The predicted molar refractivity (Wildman–Crippen MR) is 100.0 cm³/mol. The number of rotatable bonds is 11. The summed E-state index contributed by atoms with van der Waals surface area (Å²) in [5.74, 6) is -1.70. The lowest BCUT2D eigenvalue weighted by atomic mass is 10.1. The molecule has 8 nitrogen and oxygen atoms in total. The van der Waals surface area contributed by atoms with E-state index in [9.17, 15) is 10.1 Å². The first-order valence-corrected chi connectivity index (χ1v) is 9.13. The van der Waals surface area contributed by atoms with Gasteiger partial charge in [0.2, 0.25) is 0 Å². The second-order valence-electron chi connectivity index (χ2n) is 5.87. The van der Waals surface area contributed by atoms with Crippen molar-refractivity contribution in [3.8, 4) is 0 Å². The molecule has 0 saturated heterocycles. The van der Waals surface area contributed by atoms with Crippen LogP contribution in [0.5, 0.6) is 0 Å². The van der Waals surface area contributed by atoms with E-state index in [2.05, 4.69) is 4.98 Å². The van der Waals surface area contributed by atoms with E-state index in [4.69, 9.17) is 37.5 Å². The number of unbranched alkanes of at least 4 members (excludes halogenated alkanes) is 1. The molecule has 1 aromatic heterocycles. The Morgan fingerprint density at radius 3 is 2.78 bits per heavy atom. The van der Waals surface area contributed by atoms with Gasteiger partial charge in [-0.15, -0.1) is 10.1 Å². The lowest BCUT2D eigenvalue weighted by molar-refractivity contribution is -0.807. The number of hydrogen-bond donors (Lipinski definition) is 0. The SMILES string of the molecule is CCCCOC(COC(C)(O[N+](=O)[O-])n1ccnc1)c1ccc(Cl)cc1Cl. The highest BCUT2D eigenvalue weighted by Gasteiger charge is 2.33.